The van der Waals surface area contributed by atoms with E-state index >= 15 is 0 Å². The van der Waals surface area contributed by atoms with Gasteiger partial charge in [-0.1, -0.05) is 48.0 Å². The number of methoxy groups -OCH3 is 1. The van der Waals surface area contributed by atoms with Crippen molar-refractivity contribution in [3.63, 3.8) is 0 Å². The molecule has 0 saturated heterocycles. The van der Waals surface area contributed by atoms with Gasteiger partial charge in [0.05, 0.1) is 33.7 Å². The van der Waals surface area contributed by atoms with Crippen molar-refractivity contribution in [2.75, 3.05) is 11.8 Å². The average Bonchev–Trinajstić information content (AvgIpc) is 2.89. The molecule has 0 aromatic heterocycles. The highest BCUT2D eigenvalue weighted by molar-refractivity contribution is 7.92. The second kappa shape index (κ2) is 10.5. The molecule has 1 N–H and O–H groups in total. The first kappa shape index (κ1) is 25.4. The topological polar surface area (TPSA) is 125 Å². The van der Waals surface area contributed by atoms with Gasteiger partial charge in [0, 0.05) is 6.07 Å². The molecule has 0 fully saturated rings. The lowest BCUT2D eigenvalue weighted by Gasteiger charge is -2.14. The Morgan fingerprint density at radius 2 is 1.54 bits per heavy atom. The molecule has 0 unspecified atom stereocenters. The molecule has 0 aliphatic heterocycles. The van der Waals surface area contributed by atoms with Crippen LogP contribution in [0.1, 0.15) is 15.9 Å². The number of carbonyl (C=O) groups excluding carboxylic acids is 1. The Morgan fingerprint density at radius 1 is 0.892 bits per heavy atom. The molecule has 0 saturated carbocycles. The smallest absolute Gasteiger partial charge is 0.340 e. The van der Waals surface area contributed by atoms with Crippen LogP contribution in [-0.2, 0) is 14.8 Å². The van der Waals surface area contributed by atoms with Crippen LogP contribution in [0, 0.1) is 17.0 Å². The number of hydrogen-bond acceptors (Lipinski definition) is 7. The third kappa shape index (κ3) is 5.76. The molecule has 0 aliphatic carbocycles. The molecule has 0 bridgehead atoms. The Balaban J connectivity index is 1.68. The van der Waals surface area contributed by atoms with Crippen molar-refractivity contribution in [1.82, 2.24) is 0 Å². The van der Waals surface area contributed by atoms with E-state index in [-0.39, 0.29) is 33.3 Å². The standard InChI is InChI=1S/C27H22N2O7S/c1-18-8-12-22(13-9-18)37(33,34)28-25-14-10-20(17-24(25)27(30)35-2)36-21-11-15-26(29(31)32)23(16-21)19-6-4-3-5-7-19/h3-17,28H,1-2H3. The second-order valence-corrected chi connectivity index (χ2v) is 9.70. The first-order valence-corrected chi connectivity index (χ1v) is 12.5. The van der Waals surface area contributed by atoms with Gasteiger partial charge in [0.25, 0.3) is 15.7 Å². The molecule has 4 aromatic carbocycles. The Kier molecular flexibility index (Phi) is 7.21. The number of nitro benzene ring substituents is 1. The fourth-order valence-corrected chi connectivity index (χ4v) is 4.68. The number of carbonyl (C=O) groups is 1. The highest BCUT2D eigenvalue weighted by atomic mass is 32.2. The van der Waals surface area contributed by atoms with E-state index in [4.69, 9.17) is 9.47 Å². The Bertz CT molecular complexity index is 1570. The van der Waals surface area contributed by atoms with E-state index in [0.29, 0.717) is 11.1 Å². The van der Waals surface area contributed by atoms with E-state index in [0.717, 1.165) is 5.56 Å². The number of rotatable bonds is 8. The van der Waals surface area contributed by atoms with Gasteiger partial charge in [-0.15, -0.1) is 0 Å². The first-order valence-electron chi connectivity index (χ1n) is 11.0. The number of nitrogens with zero attached hydrogens (tertiary/aromatic N) is 1. The van der Waals surface area contributed by atoms with Crippen LogP contribution in [0.3, 0.4) is 0 Å². The van der Waals surface area contributed by atoms with Crippen molar-refractivity contribution < 1.29 is 27.6 Å². The highest BCUT2D eigenvalue weighted by Gasteiger charge is 2.21. The van der Waals surface area contributed by atoms with Gasteiger partial charge in [0.15, 0.2) is 0 Å². The first-order chi connectivity index (χ1) is 17.7. The fourth-order valence-electron chi connectivity index (χ4n) is 3.60. The molecule has 0 amide bonds. The number of benzene rings is 4. The van der Waals surface area contributed by atoms with Crippen LogP contribution in [0.2, 0.25) is 0 Å². The lowest BCUT2D eigenvalue weighted by atomic mass is 10.0. The van der Waals surface area contributed by atoms with E-state index in [1.807, 2.05) is 6.92 Å². The molecule has 4 aromatic rings. The van der Waals surface area contributed by atoms with Gasteiger partial charge in [-0.2, -0.15) is 0 Å². The van der Waals surface area contributed by atoms with Crippen molar-refractivity contribution in [1.29, 1.82) is 0 Å². The normalized spacial score (nSPS) is 11.0. The Morgan fingerprint density at radius 3 is 2.19 bits per heavy atom. The van der Waals surface area contributed by atoms with Gasteiger partial charge in [0.2, 0.25) is 0 Å². The van der Waals surface area contributed by atoms with E-state index in [1.54, 1.807) is 42.5 Å². The predicted molar refractivity (Wildman–Crippen MR) is 138 cm³/mol. The summed E-state index contributed by atoms with van der Waals surface area (Å²) in [5, 5.41) is 11.5. The predicted octanol–water partition coefficient (Wildman–Crippen LogP) is 5.95. The summed E-state index contributed by atoms with van der Waals surface area (Å²) in [6.45, 7) is 1.84. The van der Waals surface area contributed by atoms with E-state index in [1.165, 1.54) is 55.6 Å². The molecule has 0 radical (unpaired) electrons. The molecular formula is C27H22N2O7S. The highest BCUT2D eigenvalue weighted by Crippen LogP contribution is 2.35. The fraction of sp³-hybridized carbons (Fsp3) is 0.0741. The minimum atomic E-state index is -3.98. The summed E-state index contributed by atoms with van der Waals surface area (Å²) < 4.78 is 38.9. The van der Waals surface area contributed by atoms with E-state index in [2.05, 4.69) is 4.72 Å². The maximum atomic E-state index is 12.9. The molecule has 0 aliphatic rings. The Labute approximate surface area is 213 Å². The number of hydrogen-bond donors (Lipinski definition) is 1. The van der Waals surface area contributed by atoms with Gasteiger partial charge in [-0.3, -0.25) is 14.8 Å². The lowest BCUT2D eigenvalue weighted by Crippen LogP contribution is -2.16. The summed E-state index contributed by atoms with van der Waals surface area (Å²) >= 11 is 0. The van der Waals surface area contributed by atoms with Crippen molar-refractivity contribution >= 4 is 27.4 Å². The Hall–Kier alpha value is -4.70. The van der Waals surface area contributed by atoms with Crippen LogP contribution in [0.5, 0.6) is 11.5 Å². The van der Waals surface area contributed by atoms with Crippen molar-refractivity contribution in [2.45, 2.75) is 11.8 Å². The van der Waals surface area contributed by atoms with E-state index < -0.39 is 20.9 Å². The van der Waals surface area contributed by atoms with Crippen LogP contribution < -0.4 is 9.46 Å². The molecule has 0 heterocycles. The number of ether oxygens (including phenoxy) is 2. The molecule has 37 heavy (non-hydrogen) atoms. The zero-order valence-electron chi connectivity index (χ0n) is 19.9. The summed E-state index contributed by atoms with van der Waals surface area (Å²) in [5.41, 5.74) is 1.75. The molecule has 188 valence electrons. The lowest BCUT2D eigenvalue weighted by molar-refractivity contribution is -0.384. The SMILES string of the molecule is COC(=O)c1cc(Oc2ccc([N+](=O)[O-])c(-c3ccccc3)c2)ccc1NS(=O)(=O)c1ccc(C)cc1. The number of nitro groups is 1. The van der Waals surface area contributed by atoms with Crippen LogP contribution in [0.25, 0.3) is 11.1 Å². The van der Waals surface area contributed by atoms with Crippen LogP contribution in [-0.4, -0.2) is 26.4 Å². The quantitative estimate of drug-likeness (QED) is 0.174. The molecule has 0 spiro atoms. The minimum absolute atomic E-state index is 0.00782. The maximum Gasteiger partial charge on any atom is 0.340 e. The third-order valence-corrected chi connectivity index (χ3v) is 6.84. The number of anilines is 1. The van der Waals surface area contributed by atoms with Crippen molar-refractivity contribution in [2.24, 2.45) is 0 Å². The zero-order chi connectivity index (χ0) is 26.6. The maximum absolute atomic E-state index is 12.9. The average molecular weight is 519 g/mol. The van der Waals surface area contributed by atoms with Gasteiger partial charge >= 0.3 is 5.97 Å². The van der Waals surface area contributed by atoms with Gasteiger partial charge in [0.1, 0.15) is 11.5 Å². The molecule has 0 atom stereocenters. The third-order valence-electron chi connectivity index (χ3n) is 5.46. The van der Waals surface area contributed by atoms with Gasteiger partial charge in [-0.05, 0) is 55.0 Å². The number of esters is 1. The summed E-state index contributed by atoms with van der Waals surface area (Å²) in [7, 11) is -2.80. The largest absolute Gasteiger partial charge is 0.465 e. The van der Waals surface area contributed by atoms with Crippen molar-refractivity contribution in [3.05, 3.63) is 112 Å². The van der Waals surface area contributed by atoms with Gasteiger partial charge < -0.3 is 9.47 Å². The van der Waals surface area contributed by atoms with Crippen LogP contribution >= 0.6 is 0 Å². The van der Waals surface area contributed by atoms with E-state index in [9.17, 15) is 23.3 Å². The summed E-state index contributed by atoms with van der Waals surface area (Å²) in [4.78, 5) is 23.6. The molecular weight excluding hydrogens is 496 g/mol. The van der Waals surface area contributed by atoms with Crippen LogP contribution in [0.4, 0.5) is 11.4 Å². The van der Waals surface area contributed by atoms with Crippen LogP contribution in [0.15, 0.2) is 95.9 Å². The number of nitrogens with one attached hydrogen (secondary N) is 1. The number of aryl methyl sites for hydroxylation is 1. The second-order valence-electron chi connectivity index (χ2n) is 8.02. The zero-order valence-corrected chi connectivity index (χ0v) is 20.7. The van der Waals surface area contributed by atoms with Crippen molar-refractivity contribution in [3.8, 4) is 22.6 Å². The molecule has 10 heteroatoms. The summed E-state index contributed by atoms with van der Waals surface area (Å²) in [6, 6.07) is 23.6. The van der Waals surface area contributed by atoms with Gasteiger partial charge in [-0.25, -0.2) is 13.2 Å². The summed E-state index contributed by atoms with van der Waals surface area (Å²) in [5.74, 6) is -0.291. The summed E-state index contributed by atoms with van der Waals surface area (Å²) in [6.07, 6.45) is 0. The minimum Gasteiger partial charge on any atom is -0.465 e. The number of sulfonamides is 1. The molecule has 9 nitrogen and oxygen atoms in total. The monoisotopic (exact) mass is 518 g/mol. The molecule has 4 rings (SSSR count).